The van der Waals surface area contributed by atoms with Crippen LogP contribution in [0.4, 0.5) is 5.69 Å². The van der Waals surface area contributed by atoms with Crippen molar-refractivity contribution in [2.24, 2.45) is 0 Å². The molecule has 0 atom stereocenters. The molecule has 1 heterocycles. The van der Waals surface area contributed by atoms with Crippen LogP contribution in [0.25, 0.3) is 11.4 Å². The van der Waals surface area contributed by atoms with Crippen LogP contribution >= 0.6 is 11.8 Å². The maximum Gasteiger partial charge on any atom is 0.270 e. The molecular formula is C12H14N4O3S. The van der Waals surface area contributed by atoms with Crippen molar-refractivity contribution in [1.29, 1.82) is 0 Å². The fourth-order valence-corrected chi connectivity index (χ4v) is 2.32. The molecule has 8 heteroatoms. The van der Waals surface area contributed by atoms with Crippen molar-refractivity contribution >= 4 is 17.4 Å². The third-order valence-electron chi connectivity index (χ3n) is 2.73. The van der Waals surface area contributed by atoms with E-state index in [1.54, 1.807) is 19.2 Å². The van der Waals surface area contributed by atoms with Crippen molar-refractivity contribution in [3.05, 3.63) is 34.4 Å². The maximum absolute atomic E-state index is 10.8. The van der Waals surface area contributed by atoms with Crippen molar-refractivity contribution < 1.29 is 9.66 Å². The Labute approximate surface area is 120 Å². The Kier molecular flexibility index (Phi) is 4.70. The molecule has 0 spiro atoms. The Morgan fingerprint density at radius 2 is 2.25 bits per heavy atom. The maximum atomic E-state index is 10.8. The van der Waals surface area contributed by atoms with E-state index < -0.39 is 4.92 Å². The normalized spacial score (nSPS) is 10.7. The summed E-state index contributed by atoms with van der Waals surface area (Å²) < 4.78 is 6.97. The highest BCUT2D eigenvalue weighted by Gasteiger charge is 2.15. The minimum atomic E-state index is -0.422. The number of methoxy groups -OCH3 is 1. The number of nitrogens with zero attached hydrogens (tertiary/aromatic N) is 4. The van der Waals surface area contributed by atoms with E-state index in [0.717, 1.165) is 5.16 Å². The zero-order chi connectivity index (χ0) is 14.5. The summed E-state index contributed by atoms with van der Waals surface area (Å²) in [7, 11) is 1.62. The first-order chi connectivity index (χ1) is 9.67. The number of thioether (sulfide) groups is 1. The molecule has 0 N–H and O–H groups in total. The fourth-order valence-electron chi connectivity index (χ4n) is 1.80. The van der Waals surface area contributed by atoms with Gasteiger partial charge in [0, 0.05) is 24.8 Å². The van der Waals surface area contributed by atoms with Crippen molar-refractivity contribution in [3.63, 3.8) is 0 Å². The first kappa shape index (κ1) is 14.5. The molecular weight excluding hydrogens is 280 g/mol. The van der Waals surface area contributed by atoms with Gasteiger partial charge in [0.1, 0.15) is 0 Å². The predicted molar refractivity (Wildman–Crippen MR) is 75.8 cm³/mol. The summed E-state index contributed by atoms with van der Waals surface area (Å²) in [5.74, 6) is 0.607. The van der Waals surface area contributed by atoms with Gasteiger partial charge in [-0.1, -0.05) is 23.9 Å². The average molecular weight is 294 g/mol. The van der Waals surface area contributed by atoms with Gasteiger partial charge in [-0.2, -0.15) is 0 Å². The number of rotatable bonds is 6. The van der Waals surface area contributed by atoms with E-state index in [1.807, 2.05) is 10.8 Å². The van der Waals surface area contributed by atoms with Gasteiger partial charge in [0.05, 0.1) is 18.1 Å². The second-order valence-corrected chi connectivity index (χ2v) is 4.74. The van der Waals surface area contributed by atoms with E-state index in [2.05, 4.69) is 10.2 Å². The van der Waals surface area contributed by atoms with Gasteiger partial charge in [0.15, 0.2) is 11.0 Å². The zero-order valence-electron chi connectivity index (χ0n) is 11.1. The van der Waals surface area contributed by atoms with Gasteiger partial charge < -0.3 is 4.74 Å². The lowest BCUT2D eigenvalue weighted by Gasteiger charge is -2.08. The molecule has 0 saturated carbocycles. The molecule has 0 amide bonds. The zero-order valence-corrected chi connectivity index (χ0v) is 12.0. The molecule has 0 aliphatic heterocycles. The fraction of sp³-hybridized carbons (Fsp3) is 0.333. The van der Waals surface area contributed by atoms with Crippen LogP contribution < -0.4 is 0 Å². The van der Waals surface area contributed by atoms with Crippen molar-refractivity contribution in [3.8, 4) is 11.4 Å². The first-order valence-electron chi connectivity index (χ1n) is 5.88. The summed E-state index contributed by atoms with van der Waals surface area (Å²) in [4.78, 5) is 10.4. The summed E-state index contributed by atoms with van der Waals surface area (Å²) in [5, 5.41) is 19.8. The molecule has 0 unspecified atom stereocenters. The highest BCUT2D eigenvalue weighted by molar-refractivity contribution is 7.98. The number of ether oxygens (including phenoxy) is 1. The van der Waals surface area contributed by atoms with Crippen molar-refractivity contribution in [1.82, 2.24) is 14.8 Å². The lowest BCUT2D eigenvalue weighted by atomic mass is 10.2. The number of hydrogen-bond donors (Lipinski definition) is 0. The van der Waals surface area contributed by atoms with E-state index in [9.17, 15) is 10.1 Å². The molecule has 20 heavy (non-hydrogen) atoms. The van der Waals surface area contributed by atoms with Gasteiger partial charge in [-0.15, -0.1) is 10.2 Å². The third-order valence-corrected chi connectivity index (χ3v) is 3.40. The highest BCUT2D eigenvalue weighted by atomic mass is 32.2. The Morgan fingerprint density at radius 1 is 1.45 bits per heavy atom. The smallest absolute Gasteiger partial charge is 0.270 e. The van der Waals surface area contributed by atoms with Crippen LogP contribution in [0.1, 0.15) is 0 Å². The number of benzene rings is 1. The molecule has 0 bridgehead atoms. The number of aromatic nitrogens is 3. The van der Waals surface area contributed by atoms with E-state index in [-0.39, 0.29) is 5.69 Å². The van der Waals surface area contributed by atoms with Crippen LogP contribution in [0.5, 0.6) is 0 Å². The molecule has 1 aromatic heterocycles. The summed E-state index contributed by atoms with van der Waals surface area (Å²) in [6.45, 7) is 1.12. The van der Waals surface area contributed by atoms with Gasteiger partial charge >= 0.3 is 0 Å². The minimum absolute atomic E-state index is 0.0366. The average Bonchev–Trinajstić information content (AvgIpc) is 2.88. The van der Waals surface area contributed by atoms with Gasteiger partial charge in [0.25, 0.3) is 5.69 Å². The quantitative estimate of drug-likeness (QED) is 0.461. The molecule has 0 aliphatic rings. The topological polar surface area (TPSA) is 83.1 Å². The molecule has 0 aliphatic carbocycles. The van der Waals surface area contributed by atoms with Crippen LogP contribution in [-0.2, 0) is 11.3 Å². The number of nitro groups is 1. The van der Waals surface area contributed by atoms with E-state index >= 15 is 0 Å². The first-order valence-corrected chi connectivity index (χ1v) is 7.10. The number of nitro benzene ring substituents is 1. The predicted octanol–water partition coefficient (Wildman–Crippen LogP) is 2.22. The van der Waals surface area contributed by atoms with Gasteiger partial charge in [-0.3, -0.25) is 14.7 Å². The summed E-state index contributed by atoms with van der Waals surface area (Å²) in [6.07, 6.45) is 1.91. The van der Waals surface area contributed by atoms with Crippen LogP contribution in [0.15, 0.2) is 29.4 Å². The van der Waals surface area contributed by atoms with Gasteiger partial charge in [0.2, 0.25) is 0 Å². The van der Waals surface area contributed by atoms with Crippen LogP contribution in [0, 0.1) is 10.1 Å². The molecule has 7 nitrogen and oxygen atoms in total. The number of hydrogen-bond acceptors (Lipinski definition) is 6. The largest absolute Gasteiger partial charge is 0.383 e. The number of non-ortho nitro benzene ring substituents is 1. The van der Waals surface area contributed by atoms with Crippen molar-refractivity contribution in [2.45, 2.75) is 11.7 Å². The molecule has 2 rings (SSSR count). The lowest BCUT2D eigenvalue weighted by molar-refractivity contribution is -0.384. The molecule has 0 fully saturated rings. The molecule has 1 aromatic carbocycles. The van der Waals surface area contributed by atoms with E-state index in [1.165, 1.54) is 23.9 Å². The summed E-state index contributed by atoms with van der Waals surface area (Å²) in [5.41, 5.74) is 0.706. The van der Waals surface area contributed by atoms with Crippen LogP contribution in [0.2, 0.25) is 0 Å². The second-order valence-electron chi connectivity index (χ2n) is 3.96. The molecule has 106 valence electrons. The van der Waals surface area contributed by atoms with Gasteiger partial charge in [-0.25, -0.2) is 0 Å². The Bertz CT molecular complexity index is 614. The van der Waals surface area contributed by atoms with Crippen molar-refractivity contribution in [2.75, 3.05) is 20.0 Å². The third kappa shape index (κ3) is 2.97. The Hall–Kier alpha value is -1.93. The molecule has 0 saturated heterocycles. The van der Waals surface area contributed by atoms with Crippen LogP contribution in [0.3, 0.4) is 0 Å². The molecule has 0 radical (unpaired) electrons. The SMILES string of the molecule is COCCn1c(SC)nnc1-c1cccc([N+](=O)[O-])c1. The monoisotopic (exact) mass is 294 g/mol. The minimum Gasteiger partial charge on any atom is -0.383 e. The molecule has 2 aromatic rings. The van der Waals surface area contributed by atoms with Gasteiger partial charge in [-0.05, 0) is 6.26 Å². The Balaban J connectivity index is 2.43. The van der Waals surface area contributed by atoms with E-state index in [4.69, 9.17) is 4.74 Å². The Morgan fingerprint density at radius 3 is 2.90 bits per heavy atom. The summed E-state index contributed by atoms with van der Waals surface area (Å²) >= 11 is 1.47. The lowest BCUT2D eigenvalue weighted by Crippen LogP contribution is -2.07. The standard InChI is InChI=1S/C12H14N4O3S/c1-19-7-6-15-11(13-14-12(15)20-2)9-4-3-5-10(8-9)16(17)18/h3-5,8H,6-7H2,1-2H3. The van der Waals surface area contributed by atoms with Crippen LogP contribution in [-0.4, -0.2) is 39.7 Å². The van der Waals surface area contributed by atoms with E-state index in [0.29, 0.717) is 24.5 Å². The second kappa shape index (κ2) is 6.49. The highest BCUT2D eigenvalue weighted by Crippen LogP contribution is 2.25. The summed E-state index contributed by atoms with van der Waals surface area (Å²) in [6, 6.07) is 6.37.